The Hall–Kier alpha value is -3.09. The molecule has 0 spiro atoms. The Labute approximate surface area is 182 Å². The largest absolute Gasteiger partial charge is 0.507 e. The molecule has 2 heterocycles. The Morgan fingerprint density at radius 1 is 1.13 bits per heavy atom. The molecule has 1 amide bonds. The van der Waals surface area contributed by atoms with Gasteiger partial charge in [0.25, 0.3) is 11.7 Å². The van der Waals surface area contributed by atoms with Crippen LogP contribution in [0.1, 0.15) is 23.4 Å². The van der Waals surface area contributed by atoms with Crippen LogP contribution in [0.15, 0.2) is 71.6 Å². The summed E-state index contributed by atoms with van der Waals surface area (Å²) in [7, 11) is 0. The second-order valence-corrected chi connectivity index (χ2v) is 8.04. The molecule has 4 rings (SSSR count). The van der Waals surface area contributed by atoms with Crippen molar-refractivity contribution in [3.05, 3.63) is 87.1 Å². The molecule has 3 aromatic rings. The monoisotopic (exact) mass is 439 g/mol. The number of carbonyl (C=O) groups is 2. The van der Waals surface area contributed by atoms with E-state index in [1.165, 1.54) is 16.2 Å². The number of thiophene rings is 1. The first-order valence-corrected chi connectivity index (χ1v) is 10.6. The second-order valence-electron chi connectivity index (χ2n) is 6.62. The van der Waals surface area contributed by atoms with Gasteiger partial charge in [0.2, 0.25) is 0 Å². The standard InChI is InChI=1S/C23H18ClNO4S/c1-2-29-17-10-8-14(9-11-17)21(26)19-20(18-7-4-12-30-18)25(23(28)22(19)27)16-6-3-5-15(24)13-16/h3-13,20,26H,2H2,1H3/b21-19-. The Bertz CT molecular complexity index is 1120. The Morgan fingerprint density at radius 2 is 1.90 bits per heavy atom. The number of hydrogen-bond donors (Lipinski definition) is 1. The number of amides is 1. The number of rotatable bonds is 5. The van der Waals surface area contributed by atoms with E-state index in [0.29, 0.717) is 28.6 Å². The average molecular weight is 440 g/mol. The SMILES string of the molecule is CCOc1ccc(/C(O)=C2/C(=O)C(=O)N(c3cccc(Cl)c3)C2c2cccs2)cc1. The maximum Gasteiger partial charge on any atom is 0.300 e. The molecule has 152 valence electrons. The van der Waals surface area contributed by atoms with Gasteiger partial charge in [-0.25, -0.2) is 0 Å². The summed E-state index contributed by atoms with van der Waals surface area (Å²) in [6, 6.07) is 16.5. The molecule has 1 aromatic heterocycles. The smallest absolute Gasteiger partial charge is 0.300 e. The number of ether oxygens (including phenoxy) is 1. The number of aliphatic hydroxyl groups excluding tert-OH is 1. The lowest BCUT2D eigenvalue weighted by Gasteiger charge is -2.24. The fraction of sp³-hybridized carbons (Fsp3) is 0.130. The highest BCUT2D eigenvalue weighted by Crippen LogP contribution is 2.43. The molecule has 1 saturated heterocycles. The van der Waals surface area contributed by atoms with Crippen molar-refractivity contribution in [2.24, 2.45) is 0 Å². The minimum Gasteiger partial charge on any atom is -0.507 e. The van der Waals surface area contributed by atoms with E-state index in [2.05, 4.69) is 0 Å². The average Bonchev–Trinajstić information content (AvgIpc) is 3.35. The van der Waals surface area contributed by atoms with E-state index < -0.39 is 17.7 Å². The quantitative estimate of drug-likeness (QED) is 0.327. The minimum atomic E-state index is -0.741. The van der Waals surface area contributed by atoms with Crippen LogP contribution in [-0.2, 0) is 9.59 Å². The molecule has 1 fully saturated rings. The molecule has 0 saturated carbocycles. The Balaban J connectivity index is 1.86. The minimum absolute atomic E-state index is 0.0478. The van der Waals surface area contributed by atoms with Crippen LogP contribution in [-0.4, -0.2) is 23.4 Å². The van der Waals surface area contributed by atoms with Gasteiger partial charge in [0, 0.05) is 21.2 Å². The first-order valence-electron chi connectivity index (χ1n) is 9.34. The molecule has 5 nitrogen and oxygen atoms in total. The van der Waals surface area contributed by atoms with Crippen molar-refractivity contribution in [2.75, 3.05) is 11.5 Å². The topological polar surface area (TPSA) is 66.8 Å². The number of hydrogen-bond acceptors (Lipinski definition) is 5. The molecule has 7 heteroatoms. The van der Waals surface area contributed by atoms with Crippen LogP contribution in [0, 0.1) is 0 Å². The van der Waals surface area contributed by atoms with Gasteiger partial charge in [-0.05, 0) is 60.8 Å². The van der Waals surface area contributed by atoms with Crippen LogP contribution in [0.2, 0.25) is 5.02 Å². The first kappa shape index (κ1) is 20.2. The number of Topliss-reactive ketones (excluding diaryl/α,β-unsaturated/α-hetero) is 1. The number of ketones is 1. The van der Waals surface area contributed by atoms with Crippen molar-refractivity contribution in [1.82, 2.24) is 0 Å². The zero-order valence-corrected chi connectivity index (χ0v) is 17.6. The van der Waals surface area contributed by atoms with Crippen LogP contribution in [0.3, 0.4) is 0 Å². The third kappa shape index (κ3) is 3.60. The van der Waals surface area contributed by atoms with Crippen LogP contribution in [0.4, 0.5) is 5.69 Å². The van der Waals surface area contributed by atoms with Gasteiger partial charge in [0.1, 0.15) is 17.6 Å². The van der Waals surface area contributed by atoms with Gasteiger partial charge >= 0.3 is 0 Å². The highest BCUT2D eigenvalue weighted by molar-refractivity contribution is 7.10. The van der Waals surface area contributed by atoms with Crippen molar-refractivity contribution in [1.29, 1.82) is 0 Å². The predicted molar refractivity (Wildman–Crippen MR) is 118 cm³/mol. The molecule has 0 radical (unpaired) electrons. The molecule has 1 aliphatic rings. The summed E-state index contributed by atoms with van der Waals surface area (Å²) in [5.74, 6) is -1.01. The second kappa shape index (κ2) is 8.34. The van der Waals surface area contributed by atoms with E-state index in [4.69, 9.17) is 16.3 Å². The molecule has 1 N–H and O–H groups in total. The van der Waals surface area contributed by atoms with E-state index in [1.54, 1.807) is 48.5 Å². The van der Waals surface area contributed by atoms with Crippen molar-refractivity contribution >= 4 is 46.1 Å². The molecule has 0 aliphatic carbocycles. The van der Waals surface area contributed by atoms with Crippen molar-refractivity contribution in [3.63, 3.8) is 0 Å². The van der Waals surface area contributed by atoms with Gasteiger partial charge in [-0.2, -0.15) is 0 Å². The number of carbonyl (C=O) groups excluding carboxylic acids is 2. The molecule has 30 heavy (non-hydrogen) atoms. The number of nitrogens with zero attached hydrogens (tertiary/aromatic N) is 1. The summed E-state index contributed by atoms with van der Waals surface area (Å²) in [5, 5.41) is 13.4. The van der Waals surface area contributed by atoms with Crippen molar-refractivity contribution in [3.8, 4) is 5.75 Å². The van der Waals surface area contributed by atoms with Crippen LogP contribution >= 0.6 is 22.9 Å². The van der Waals surface area contributed by atoms with Crippen LogP contribution in [0.5, 0.6) is 5.75 Å². The van der Waals surface area contributed by atoms with Crippen molar-refractivity contribution in [2.45, 2.75) is 13.0 Å². The van der Waals surface area contributed by atoms with Crippen LogP contribution < -0.4 is 9.64 Å². The van der Waals surface area contributed by atoms with Gasteiger partial charge in [-0.15, -0.1) is 11.3 Å². The lowest BCUT2D eigenvalue weighted by atomic mass is 9.99. The zero-order valence-electron chi connectivity index (χ0n) is 16.0. The summed E-state index contributed by atoms with van der Waals surface area (Å²) in [5.41, 5.74) is 0.976. The maximum atomic E-state index is 13.0. The maximum absolute atomic E-state index is 13.0. The number of halogens is 1. The summed E-state index contributed by atoms with van der Waals surface area (Å²) in [4.78, 5) is 28.1. The van der Waals surface area contributed by atoms with E-state index in [-0.39, 0.29) is 11.3 Å². The molecular formula is C23H18ClNO4S. The summed E-state index contributed by atoms with van der Waals surface area (Å²) < 4.78 is 5.43. The Morgan fingerprint density at radius 3 is 2.53 bits per heavy atom. The summed E-state index contributed by atoms with van der Waals surface area (Å²) >= 11 is 7.53. The summed E-state index contributed by atoms with van der Waals surface area (Å²) in [6.45, 7) is 2.40. The highest BCUT2D eigenvalue weighted by Gasteiger charge is 2.47. The van der Waals surface area contributed by atoms with Gasteiger partial charge in [-0.1, -0.05) is 23.7 Å². The molecular weight excluding hydrogens is 422 g/mol. The molecule has 2 aromatic carbocycles. The predicted octanol–water partition coefficient (Wildman–Crippen LogP) is 5.43. The number of aliphatic hydroxyl groups is 1. The number of anilines is 1. The molecule has 1 unspecified atom stereocenters. The fourth-order valence-electron chi connectivity index (χ4n) is 3.47. The van der Waals surface area contributed by atoms with Gasteiger partial charge < -0.3 is 9.84 Å². The van der Waals surface area contributed by atoms with Gasteiger partial charge in [0.15, 0.2) is 0 Å². The third-order valence-electron chi connectivity index (χ3n) is 4.78. The van der Waals surface area contributed by atoms with E-state index in [9.17, 15) is 14.7 Å². The fourth-order valence-corrected chi connectivity index (χ4v) is 4.48. The van der Waals surface area contributed by atoms with Gasteiger partial charge in [-0.3, -0.25) is 14.5 Å². The molecule has 0 bridgehead atoms. The van der Waals surface area contributed by atoms with Crippen LogP contribution in [0.25, 0.3) is 5.76 Å². The lowest BCUT2D eigenvalue weighted by Crippen LogP contribution is -2.29. The van der Waals surface area contributed by atoms with Gasteiger partial charge in [0.05, 0.1) is 12.2 Å². The zero-order chi connectivity index (χ0) is 21.3. The Kier molecular flexibility index (Phi) is 5.61. The third-order valence-corrected chi connectivity index (χ3v) is 5.94. The van der Waals surface area contributed by atoms with E-state index in [1.807, 2.05) is 24.4 Å². The first-order chi connectivity index (χ1) is 14.5. The van der Waals surface area contributed by atoms with E-state index in [0.717, 1.165) is 4.88 Å². The molecule has 1 atom stereocenters. The lowest BCUT2D eigenvalue weighted by molar-refractivity contribution is -0.132. The number of benzene rings is 2. The van der Waals surface area contributed by atoms with E-state index >= 15 is 0 Å². The summed E-state index contributed by atoms with van der Waals surface area (Å²) in [6.07, 6.45) is 0. The molecule has 1 aliphatic heterocycles. The highest BCUT2D eigenvalue weighted by atomic mass is 35.5. The van der Waals surface area contributed by atoms with Crippen molar-refractivity contribution < 1.29 is 19.4 Å². The normalized spacial score (nSPS) is 18.1.